The fraction of sp³-hybridized carbons (Fsp3) is 0.462. The third-order valence-electron chi connectivity index (χ3n) is 8.46. The number of nitrogens with one attached hydrogen (secondary N) is 2. The van der Waals surface area contributed by atoms with Crippen molar-refractivity contribution in [1.82, 2.24) is 24.8 Å². The summed E-state index contributed by atoms with van der Waals surface area (Å²) >= 11 is 3.64. The van der Waals surface area contributed by atoms with Crippen LogP contribution >= 0.6 is 15.9 Å². The van der Waals surface area contributed by atoms with Gasteiger partial charge in [-0.15, -0.1) is 0 Å². The van der Waals surface area contributed by atoms with E-state index < -0.39 is 5.67 Å². The molecule has 0 aliphatic heterocycles. The average molecular weight is 523 g/mol. The van der Waals surface area contributed by atoms with Crippen LogP contribution in [0.3, 0.4) is 0 Å². The Hall–Kier alpha value is -2.45. The van der Waals surface area contributed by atoms with Gasteiger partial charge in [0.2, 0.25) is 0 Å². The molecule has 0 unspecified atom stereocenters. The molecule has 0 amide bonds. The van der Waals surface area contributed by atoms with Crippen LogP contribution < -0.4 is 11.1 Å². The molecule has 1 aromatic carbocycles. The van der Waals surface area contributed by atoms with Gasteiger partial charge >= 0.3 is 0 Å². The van der Waals surface area contributed by atoms with E-state index in [1.54, 1.807) is 6.33 Å². The van der Waals surface area contributed by atoms with Gasteiger partial charge in [-0.2, -0.15) is 0 Å². The van der Waals surface area contributed by atoms with Gasteiger partial charge in [0.15, 0.2) is 0 Å². The van der Waals surface area contributed by atoms with Crippen LogP contribution in [0.1, 0.15) is 61.7 Å². The monoisotopic (exact) mass is 522 g/mol. The maximum absolute atomic E-state index is 13.7. The van der Waals surface area contributed by atoms with Crippen LogP contribution in [-0.4, -0.2) is 31.7 Å². The maximum Gasteiger partial charge on any atom is 0.146 e. The molecule has 8 heteroatoms. The summed E-state index contributed by atoms with van der Waals surface area (Å²) in [5.41, 5.74) is 10.2. The summed E-state index contributed by atoms with van der Waals surface area (Å²) in [6, 6.07) is 9.47. The Kier molecular flexibility index (Phi) is 4.47. The van der Waals surface area contributed by atoms with Crippen molar-refractivity contribution in [3.63, 3.8) is 0 Å². The van der Waals surface area contributed by atoms with Crippen LogP contribution in [0.2, 0.25) is 0 Å². The standard InChI is InChI=1S/C26H28BrFN6/c27-20-9-34(24-22(20)23(29)31-14-32-24)19-4-3-15(6-19)16-1-2-17-5-18(33-21(17)7-16)8-30-13-25-10-26(28,11-25)12-25/h1-2,5,7,9,14-15,19,30,33H,3-4,6,8,10-13H2,(H2,29,31,32)/t15-,19+,25?,26?/m1/s1. The zero-order valence-corrected chi connectivity index (χ0v) is 20.5. The topological polar surface area (TPSA) is 84.5 Å². The first-order valence-corrected chi connectivity index (χ1v) is 13.0. The van der Waals surface area contributed by atoms with Crippen molar-refractivity contribution in [3.8, 4) is 0 Å². The first-order chi connectivity index (χ1) is 16.4. The summed E-state index contributed by atoms with van der Waals surface area (Å²) in [6.45, 7) is 1.72. The molecule has 4 aromatic rings. The molecule has 4 saturated carbocycles. The van der Waals surface area contributed by atoms with Gasteiger partial charge in [-0.1, -0.05) is 12.1 Å². The highest BCUT2D eigenvalue weighted by atomic mass is 79.9. The third kappa shape index (κ3) is 3.22. The van der Waals surface area contributed by atoms with E-state index in [9.17, 15) is 4.39 Å². The van der Waals surface area contributed by atoms with Gasteiger partial charge in [0.25, 0.3) is 0 Å². The van der Waals surface area contributed by atoms with Crippen molar-refractivity contribution < 1.29 is 4.39 Å². The number of hydrogen-bond donors (Lipinski definition) is 3. The minimum Gasteiger partial charge on any atom is -0.383 e. The van der Waals surface area contributed by atoms with E-state index in [2.05, 4.69) is 71.2 Å². The second-order valence-corrected chi connectivity index (χ2v) is 11.8. The number of H-pyrrole nitrogens is 1. The lowest BCUT2D eigenvalue weighted by atomic mass is 9.42. The zero-order valence-electron chi connectivity index (χ0n) is 19.0. The second kappa shape index (κ2) is 7.28. The minimum atomic E-state index is -0.815. The molecule has 2 bridgehead atoms. The van der Waals surface area contributed by atoms with Crippen molar-refractivity contribution in [2.75, 3.05) is 12.3 Å². The number of nitrogen functional groups attached to an aromatic ring is 1. The van der Waals surface area contributed by atoms with Crippen LogP contribution in [0.4, 0.5) is 10.2 Å². The third-order valence-corrected chi connectivity index (χ3v) is 9.06. The molecule has 0 saturated heterocycles. The molecular weight excluding hydrogens is 495 g/mol. The van der Waals surface area contributed by atoms with Gasteiger partial charge in [-0.25, -0.2) is 14.4 Å². The van der Waals surface area contributed by atoms with Crippen LogP contribution in [-0.2, 0) is 6.54 Å². The highest BCUT2D eigenvalue weighted by Crippen LogP contribution is 2.69. The Balaban J connectivity index is 1.05. The first kappa shape index (κ1) is 20.9. The van der Waals surface area contributed by atoms with Gasteiger partial charge in [0.1, 0.15) is 23.5 Å². The lowest BCUT2D eigenvalue weighted by molar-refractivity contribution is -0.209. The smallest absolute Gasteiger partial charge is 0.146 e. The highest BCUT2D eigenvalue weighted by Gasteiger charge is 2.68. The summed E-state index contributed by atoms with van der Waals surface area (Å²) in [7, 11) is 0. The number of halogens is 2. The van der Waals surface area contributed by atoms with Gasteiger partial charge in [-0.05, 0) is 88.9 Å². The number of rotatable bonds is 6. The second-order valence-electron chi connectivity index (χ2n) is 10.9. The predicted octanol–water partition coefficient (Wildman–Crippen LogP) is 5.75. The molecule has 8 rings (SSSR count). The number of nitrogens with two attached hydrogens (primary N) is 1. The summed E-state index contributed by atoms with van der Waals surface area (Å²) in [5.74, 6) is 1.04. The predicted molar refractivity (Wildman–Crippen MR) is 135 cm³/mol. The molecule has 4 aliphatic rings. The fourth-order valence-electron chi connectivity index (χ4n) is 6.92. The zero-order chi connectivity index (χ0) is 23.1. The van der Waals surface area contributed by atoms with Crippen LogP contribution in [0.15, 0.2) is 41.3 Å². The SMILES string of the molecule is Nc1ncnc2c1c(Br)cn2[C@H]1CC[C@@H](c2ccc3cc(CNCC45CC(F)(C4)C5)[nH]c3c2)C1. The number of nitrogens with zero attached hydrogens (tertiary/aromatic N) is 3. The number of alkyl halides is 1. The molecule has 6 nitrogen and oxygen atoms in total. The molecule has 3 aromatic heterocycles. The van der Waals surface area contributed by atoms with Crippen molar-refractivity contribution in [1.29, 1.82) is 0 Å². The molecule has 3 heterocycles. The van der Waals surface area contributed by atoms with Gasteiger partial charge < -0.3 is 20.6 Å². The largest absolute Gasteiger partial charge is 0.383 e. The van der Waals surface area contributed by atoms with Crippen molar-refractivity contribution in [2.45, 2.75) is 62.7 Å². The van der Waals surface area contributed by atoms with Crippen LogP contribution in [0.5, 0.6) is 0 Å². The normalized spacial score (nSPS) is 30.1. The fourth-order valence-corrected chi connectivity index (χ4v) is 7.52. The van der Waals surface area contributed by atoms with Crippen molar-refractivity contribution in [2.24, 2.45) is 5.41 Å². The van der Waals surface area contributed by atoms with E-state index >= 15 is 0 Å². The molecule has 34 heavy (non-hydrogen) atoms. The number of benzene rings is 1. The van der Waals surface area contributed by atoms with E-state index in [4.69, 9.17) is 5.73 Å². The number of fused-ring (bicyclic) bond motifs is 2. The lowest BCUT2D eigenvalue weighted by Gasteiger charge is -2.66. The van der Waals surface area contributed by atoms with E-state index in [1.165, 1.54) is 22.2 Å². The first-order valence-electron chi connectivity index (χ1n) is 12.2. The van der Waals surface area contributed by atoms with Gasteiger partial charge in [0, 0.05) is 41.0 Å². The van der Waals surface area contributed by atoms with Gasteiger partial charge in [0.05, 0.1) is 5.39 Å². The molecule has 4 N–H and O–H groups in total. The van der Waals surface area contributed by atoms with Crippen molar-refractivity contribution >= 4 is 43.7 Å². The Morgan fingerprint density at radius 3 is 2.88 bits per heavy atom. The minimum absolute atomic E-state index is 0.241. The Morgan fingerprint density at radius 2 is 2.06 bits per heavy atom. The number of aromatic nitrogens is 4. The molecule has 0 radical (unpaired) electrons. The Morgan fingerprint density at radius 1 is 1.21 bits per heavy atom. The molecule has 176 valence electrons. The summed E-state index contributed by atoms with van der Waals surface area (Å²) < 4.78 is 17.0. The number of anilines is 1. The van der Waals surface area contributed by atoms with Crippen LogP contribution in [0, 0.1) is 5.41 Å². The van der Waals surface area contributed by atoms with Gasteiger partial charge in [-0.3, -0.25) is 0 Å². The molecule has 0 spiro atoms. The Labute approximate surface area is 205 Å². The maximum atomic E-state index is 13.7. The van der Waals surface area contributed by atoms with E-state index in [0.29, 0.717) is 17.8 Å². The summed E-state index contributed by atoms with van der Waals surface area (Å²) in [6.07, 6.45) is 9.26. The molecular formula is C26H28BrFN6. The van der Waals surface area contributed by atoms with E-state index in [-0.39, 0.29) is 5.41 Å². The van der Waals surface area contributed by atoms with E-state index in [1.807, 2.05) is 0 Å². The summed E-state index contributed by atoms with van der Waals surface area (Å²) in [4.78, 5) is 12.3. The molecule has 4 fully saturated rings. The van der Waals surface area contributed by atoms with Crippen LogP contribution in [0.25, 0.3) is 21.9 Å². The molecule has 4 aliphatic carbocycles. The quantitative estimate of drug-likeness (QED) is 0.301. The van der Waals surface area contributed by atoms with Crippen molar-refractivity contribution in [3.05, 3.63) is 52.5 Å². The molecule has 2 atom stereocenters. The average Bonchev–Trinajstić information content (AvgIpc) is 3.48. The Bertz CT molecular complexity index is 1400. The summed E-state index contributed by atoms with van der Waals surface area (Å²) in [5, 5.41) is 5.70. The number of aromatic amines is 1. The lowest BCUT2D eigenvalue weighted by Crippen LogP contribution is -2.67. The number of hydrogen-bond acceptors (Lipinski definition) is 4. The van der Waals surface area contributed by atoms with E-state index in [0.717, 1.165) is 67.1 Å². The highest BCUT2D eigenvalue weighted by molar-refractivity contribution is 9.10.